The summed E-state index contributed by atoms with van der Waals surface area (Å²) in [5.74, 6) is -2.44. The van der Waals surface area contributed by atoms with Gasteiger partial charge in [-0.3, -0.25) is 19.4 Å². The summed E-state index contributed by atoms with van der Waals surface area (Å²) in [7, 11) is 0. The fraction of sp³-hybridized carbons (Fsp3) is 0.105. The van der Waals surface area contributed by atoms with E-state index in [1.54, 1.807) is 42.0 Å². The van der Waals surface area contributed by atoms with E-state index < -0.39 is 23.6 Å². The molecule has 0 radical (unpaired) electrons. The molecular weight excluding hydrogens is 364 g/mol. The minimum absolute atomic E-state index is 0.161. The first-order valence-electron chi connectivity index (χ1n) is 8.09. The lowest BCUT2D eigenvalue weighted by Gasteiger charge is -2.16. The third kappa shape index (κ3) is 4.42. The van der Waals surface area contributed by atoms with Gasteiger partial charge in [-0.25, -0.2) is 0 Å². The van der Waals surface area contributed by atoms with E-state index in [0.717, 1.165) is 17.1 Å². The summed E-state index contributed by atoms with van der Waals surface area (Å²) in [5, 5.41) is 4.21. The molecule has 3 aromatic rings. The lowest BCUT2D eigenvalue weighted by atomic mass is 10.0. The predicted octanol–water partition coefficient (Wildman–Crippen LogP) is 1.60. The number of hydrogen-bond donors (Lipinski definition) is 2. The molecule has 0 fully saturated rings. The monoisotopic (exact) mass is 380 g/mol. The van der Waals surface area contributed by atoms with Gasteiger partial charge < -0.3 is 11.1 Å². The second-order valence-electron chi connectivity index (χ2n) is 5.76. The van der Waals surface area contributed by atoms with E-state index in [1.165, 1.54) is 0 Å². The number of aromatic nitrogens is 2. The first-order chi connectivity index (χ1) is 13.1. The molecule has 3 N–H and O–H groups in total. The first-order valence-corrected chi connectivity index (χ1v) is 8.93. The van der Waals surface area contributed by atoms with Gasteiger partial charge in [0.1, 0.15) is 6.04 Å². The maximum absolute atomic E-state index is 12.8. The summed E-state index contributed by atoms with van der Waals surface area (Å²) >= 11 is 1.12. The van der Waals surface area contributed by atoms with Gasteiger partial charge in [-0.2, -0.15) is 4.37 Å². The van der Waals surface area contributed by atoms with Crippen LogP contribution in [0.4, 0.5) is 0 Å². The van der Waals surface area contributed by atoms with Crippen LogP contribution in [-0.4, -0.2) is 33.0 Å². The molecular formula is C19H16N4O3S. The van der Waals surface area contributed by atoms with Crippen LogP contribution in [0.5, 0.6) is 0 Å². The number of benzene rings is 1. The summed E-state index contributed by atoms with van der Waals surface area (Å²) in [6.45, 7) is 0. The van der Waals surface area contributed by atoms with Crippen LogP contribution < -0.4 is 11.1 Å². The van der Waals surface area contributed by atoms with Crippen molar-refractivity contribution in [2.45, 2.75) is 12.5 Å². The molecule has 136 valence electrons. The van der Waals surface area contributed by atoms with Crippen LogP contribution in [0.2, 0.25) is 0 Å². The van der Waals surface area contributed by atoms with E-state index >= 15 is 0 Å². The Bertz CT molecular complexity index is 957. The molecule has 2 amide bonds. The average Bonchev–Trinajstić information content (AvgIpc) is 3.18. The Hall–Kier alpha value is -3.39. The number of carbonyl (C=O) groups is 3. The van der Waals surface area contributed by atoms with E-state index in [9.17, 15) is 14.4 Å². The van der Waals surface area contributed by atoms with Gasteiger partial charge in [-0.05, 0) is 29.2 Å². The molecule has 3 rings (SSSR count). The molecule has 1 unspecified atom stereocenters. The number of hydrogen-bond acceptors (Lipinski definition) is 6. The molecule has 0 aliphatic carbocycles. The number of rotatable bonds is 7. The van der Waals surface area contributed by atoms with Crippen LogP contribution in [-0.2, 0) is 16.0 Å². The molecule has 1 aromatic carbocycles. The molecule has 0 aliphatic rings. The first kappa shape index (κ1) is 18.4. The smallest absolute Gasteiger partial charge is 0.287 e. The fourth-order valence-electron chi connectivity index (χ4n) is 2.58. The molecule has 7 nitrogen and oxygen atoms in total. The number of amides is 2. The topological polar surface area (TPSA) is 115 Å². The minimum Gasteiger partial charge on any atom is -0.363 e. The number of primary amides is 1. The Labute approximate surface area is 159 Å². The zero-order valence-electron chi connectivity index (χ0n) is 14.2. The third-order valence-corrected chi connectivity index (χ3v) is 4.53. The van der Waals surface area contributed by atoms with Crippen molar-refractivity contribution >= 4 is 29.1 Å². The standard InChI is InChI=1S/C19H16N4O3S/c20-18(25)17(24)15(9-12-5-2-1-3-6-12)22-19(26)14-11-27-23-16(14)13-7-4-8-21-10-13/h1-8,10-11,15H,9H2,(H2,20,25)(H,22,26). The highest BCUT2D eigenvalue weighted by Crippen LogP contribution is 2.23. The molecule has 8 heteroatoms. The van der Waals surface area contributed by atoms with Crippen molar-refractivity contribution < 1.29 is 14.4 Å². The lowest BCUT2D eigenvalue weighted by molar-refractivity contribution is -0.137. The van der Waals surface area contributed by atoms with E-state index in [0.29, 0.717) is 16.8 Å². The molecule has 2 aromatic heterocycles. The van der Waals surface area contributed by atoms with Crippen molar-refractivity contribution in [1.82, 2.24) is 14.7 Å². The van der Waals surface area contributed by atoms with Crippen molar-refractivity contribution in [3.63, 3.8) is 0 Å². The highest BCUT2D eigenvalue weighted by atomic mass is 32.1. The number of ketones is 1. The SMILES string of the molecule is NC(=O)C(=O)C(Cc1ccccc1)NC(=O)c1csnc1-c1cccnc1. The van der Waals surface area contributed by atoms with Crippen LogP contribution >= 0.6 is 11.5 Å². The van der Waals surface area contributed by atoms with Crippen LogP contribution in [0, 0.1) is 0 Å². The summed E-state index contributed by atoms with van der Waals surface area (Å²) in [4.78, 5) is 40.4. The zero-order valence-corrected chi connectivity index (χ0v) is 15.0. The van der Waals surface area contributed by atoms with Crippen LogP contribution in [0.25, 0.3) is 11.3 Å². The Morgan fingerprint density at radius 2 is 1.89 bits per heavy atom. The second-order valence-corrected chi connectivity index (χ2v) is 6.39. The normalized spacial score (nSPS) is 11.6. The van der Waals surface area contributed by atoms with Gasteiger partial charge >= 0.3 is 0 Å². The molecule has 0 spiro atoms. The van der Waals surface area contributed by atoms with E-state index in [-0.39, 0.29) is 6.42 Å². The van der Waals surface area contributed by atoms with Crippen LogP contribution in [0.1, 0.15) is 15.9 Å². The quantitative estimate of drug-likeness (QED) is 0.604. The van der Waals surface area contributed by atoms with Gasteiger partial charge in [0.2, 0.25) is 5.78 Å². The molecule has 0 saturated carbocycles. The van der Waals surface area contributed by atoms with Gasteiger partial charge in [-0.15, -0.1) is 0 Å². The third-order valence-electron chi connectivity index (χ3n) is 3.90. The van der Waals surface area contributed by atoms with Crippen molar-refractivity contribution in [2.24, 2.45) is 5.73 Å². The number of carbonyl (C=O) groups excluding carboxylic acids is 3. The average molecular weight is 380 g/mol. The second kappa shape index (κ2) is 8.33. The predicted molar refractivity (Wildman–Crippen MR) is 101 cm³/mol. The Morgan fingerprint density at radius 1 is 1.11 bits per heavy atom. The Balaban J connectivity index is 1.84. The van der Waals surface area contributed by atoms with E-state index in [2.05, 4.69) is 14.7 Å². The molecule has 1 atom stereocenters. The largest absolute Gasteiger partial charge is 0.363 e. The van der Waals surface area contributed by atoms with Crippen LogP contribution in [0.15, 0.2) is 60.2 Å². The van der Waals surface area contributed by atoms with Crippen molar-refractivity contribution in [3.8, 4) is 11.3 Å². The zero-order chi connectivity index (χ0) is 19.2. The highest BCUT2D eigenvalue weighted by molar-refractivity contribution is 7.04. The van der Waals surface area contributed by atoms with Crippen LogP contribution in [0.3, 0.4) is 0 Å². The summed E-state index contributed by atoms with van der Waals surface area (Å²) in [6, 6.07) is 11.5. The Kier molecular flexibility index (Phi) is 5.68. The highest BCUT2D eigenvalue weighted by Gasteiger charge is 2.27. The number of Topliss-reactive ketones (excluding diaryl/α,β-unsaturated/α-hetero) is 1. The van der Waals surface area contributed by atoms with Gasteiger partial charge in [-0.1, -0.05) is 30.3 Å². The van der Waals surface area contributed by atoms with Crippen molar-refractivity contribution in [2.75, 3.05) is 0 Å². The summed E-state index contributed by atoms with van der Waals surface area (Å²) in [6.07, 6.45) is 3.38. The summed E-state index contributed by atoms with van der Waals surface area (Å²) in [5.41, 5.74) is 7.41. The molecule has 0 saturated heterocycles. The van der Waals surface area contributed by atoms with Crippen molar-refractivity contribution in [1.29, 1.82) is 0 Å². The molecule has 0 aliphatic heterocycles. The lowest BCUT2D eigenvalue weighted by Crippen LogP contribution is -2.47. The molecule has 2 heterocycles. The Morgan fingerprint density at radius 3 is 2.56 bits per heavy atom. The van der Waals surface area contributed by atoms with E-state index in [1.807, 2.05) is 18.2 Å². The van der Waals surface area contributed by atoms with Gasteiger partial charge in [0.05, 0.1) is 11.3 Å². The van der Waals surface area contributed by atoms with Crippen molar-refractivity contribution in [3.05, 3.63) is 71.4 Å². The number of pyridine rings is 1. The minimum atomic E-state index is -1.09. The van der Waals surface area contributed by atoms with E-state index in [4.69, 9.17) is 5.73 Å². The maximum atomic E-state index is 12.8. The summed E-state index contributed by atoms with van der Waals surface area (Å²) < 4.78 is 4.24. The fourth-order valence-corrected chi connectivity index (χ4v) is 3.26. The van der Waals surface area contributed by atoms with Gasteiger partial charge in [0, 0.05) is 29.8 Å². The van der Waals surface area contributed by atoms with Gasteiger partial charge in [0.25, 0.3) is 11.8 Å². The molecule has 27 heavy (non-hydrogen) atoms. The number of nitrogens with zero attached hydrogens (tertiary/aromatic N) is 2. The molecule has 0 bridgehead atoms. The number of nitrogens with one attached hydrogen (secondary N) is 1. The maximum Gasteiger partial charge on any atom is 0.287 e. The van der Waals surface area contributed by atoms with Gasteiger partial charge in [0.15, 0.2) is 0 Å². The number of nitrogens with two attached hydrogens (primary N) is 1.